The molecule has 3 nitrogen and oxygen atoms in total. The number of hydrogen-bond donors (Lipinski definition) is 0. The first kappa shape index (κ1) is 15.0. The molecule has 1 heterocycles. The molecular weight excluding hydrogens is 328 g/mol. The van der Waals surface area contributed by atoms with Gasteiger partial charge in [0.2, 0.25) is 5.95 Å². The zero-order valence-electron chi connectivity index (χ0n) is 10.1. The molecule has 0 bridgehead atoms. The third-order valence-corrected chi connectivity index (χ3v) is 3.55. The van der Waals surface area contributed by atoms with Crippen LogP contribution in [0.1, 0.15) is 10.5 Å². The number of rotatable bonds is 2. The number of nitrogens with zero attached hydrogens (tertiary/aromatic N) is 1. The van der Waals surface area contributed by atoms with Crippen molar-refractivity contribution in [2.75, 3.05) is 7.11 Å². The Balaban J connectivity index is 2.57. The van der Waals surface area contributed by atoms with Gasteiger partial charge in [-0.2, -0.15) is 4.39 Å². The molecule has 0 fully saturated rings. The lowest BCUT2D eigenvalue weighted by atomic mass is 10.1. The predicted molar refractivity (Wildman–Crippen MR) is 76.0 cm³/mol. The summed E-state index contributed by atoms with van der Waals surface area (Å²) in [5.41, 5.74) is 0.246. The number of pyridine rings is 1. The van der Waals surface area contributed by atoms with Crippen LogP contribution in [0.2, 0.25) is 15.1 Å². The Labute approximate surface area is 129 Å². The standard InChI is InChI=1S/C13H7Cl3FNO2/c1-20-13(19)10-3-2-7(12(17)18-10)8-4-6(14)5-9(15)11(8)16/h2-5H,1H3. The Hall–Kier alpha value is -1.36. The average molecular weight is 335 g/mol. The van der Waals surface area contributed by atoms with Crippen LogP contribution < -0.4 is 0 Å². The van der Waals surface area contributed by atoms with Crippen LogP contribution in [0.4, 0.5) is 4.39 Å². The number of benzene rings is 1. The highest BCUT2D eigenvalue weighted by Gasteiger charge is 2.16. The number of carbonyl (C=O) groups excluding carboxylic acids is 1. The number of carbonyl (C=O) groups is 1. The summed E-state index contributed by atoms with van der Waals surface area (Å²) in [5.74, 6) is -1.60. The highest BCUT2D eigenvalue weighted by Crippen LogP contribution is 2.37. The van der Waals surface area contributed by atoms with Crippen LogP contribution >= 0.6 is 34.8 Å². The van der Waals surface area contributed by atoms with E-state index < -0.39 is 11.9 Å². The number of ether oxygens (including phenoxy) is 1. The molecule has 2 rings (SSSR count). The zero-order chi connectivity index (χ0) is 14.9. The summed E-state index contributed by atoms with van der Waals surface area (Å²) in [7, 11) is 1.18. The van der Waals surface area contributed by atoms with Crippen LogP contribution in [0.15, 0.2) is 24.3 Å². The van der Waals surface area contributed by atoms with Crippen LogP contribution in [-0.2, 0) is 4.74 Å². The molecule has 0 saturated heterocycles. The van der Waals surface area contributed by atoms with Gasteiger partial charge in [-0.15, -0.1) is 0 Å². The van der Waals surface area contributed by atoms with Crippen molar-refractivity contribution < 1.29 is 13.9 Å². The van der Waals surface area contributed by atoms with Crippen molar-refractivity contribution >= 4 is 40.8 Å². The predicted octanol–water partition coefficient (Wildman–Crippen LogP) is 4.63. The maximum atomic E-state index is 14.0. The second kappa shape index (κ2) is 5.95. The average Bonchev–Trinajstić information content (AvgIpc) is 2.42. The largest absolute Gasteiger partial charge is 0.464 e. The van der Waals surface area contributed by atoms with Gasteiger partial charge >= 0.3 is 5.97 Å². The van der Waals surface area contributed by atoms with Crippen LogP contribution in [0.3, 0.4) is 0 Å². The molecule has 2 aromatic rings. The third-order valence-electron chi connectivity index (χ3n) is 2.53. The van der Waals surface area contributed by atoms with Crippen molar-refractivity contribution in [2.45, 2.75) is 0 Å². The van der Waals surface area contributed by atoms with Gasteiger partial charge in [0.1, 0.15) is 0 Å². The van der Waals surface area contributed by atoms with Crippen LogP contribution in [0.5, 0.6) is 0 Å². The van der Waals surface area contributed by atoms with Gasteiger partial charge < -0.3 is 4.74 Å². The lowest BCUT2D eigenvalue weighted by molar-refractivity contribution is 0.0592. The molecule has 0 saturated carbocycles. The molecule has 20 heavy (non-hydrogen) atoms. The third kappa shape index (κ3) is 2.87. The maximum Gasteiger partial charge on any atom is 0.356 e. The van der Waals surface area contributed by atoms with Crippen molar-refractivity contribution in [1.29, 1.82) is 0 Å². The van der Waals surface area contributed by atoms with Gasteiger partial charge in [0.15, 0.2) is 5.69 Å². The summed E-state index contributed by atoms with van der Waals surface area (Å²) in [6.45, 7) is 0. The SMILES string of the molecule is COC(=O)c1ccc(-c2cc(Cl)cc(Cl)c2Cl)c(F)n1. The van der Waals surface area contributed by atoms with E-state index in [0.717, 1.165) is 0 Å². The summed E-state index contributed by atoms with van der Waals surface area (Å²) < 4.78 is 18.5. The zero-order valence-corrected chi connectivity index (χ0v) is 12.4. The fourth-order valence-corrected chi connectivity index (χ4v) is 2.31. The molecule has 0 aliphatic carbocycles. The van der Waals surface area contributed by atoms with Crippen molar-refractivity contribution in [3.05, 3.63) is 51.0 Å². The minimum atomic E-state index is -0.867. The molecule has 0 atom stereocenters. The summed E-state index contributed by atoms with van der Waals surface area (Å²) in [4.78, 5) is 14.8. The topological polar surface area (TPSA) is 39.2 Å². The van der Waals surface area contributed by atoms with Crippen molar-refractivity contribution in [2.24, 2.45) is 0 Å². The van der Waals surface area contributed by atoms with Gasteiger partial charge in [0.25, 0.3) is 0 Å². The molecule has 0 amide bonds. The van der Waals surface area contributed by atoms with E-state index >= 15 is 0 Å². The summed E-state index contributed by atoms with van der Waals surface area (Å²) in [6, 6.07) is 5.61. The number of aromatic nitrogens is 1. The number of hydrogen-bond acceptors (Lipinski definition) is 3. The van der Waals surface area contributed by atoms with E-state index in [0.29, 0.717) is 10.6 Å². The molecule has 0 N–H and O–H groups in total. The first-order chi connectivity index (χ1) is 9.43. The van der Waals surface area contributed by atoms with E-state index in [-0.39, 0.29) is 21.3 Å². The number of methoxy groups -OCH3 is 1. The maximum absolute atomic E-state index is 14.0. The lowest BCUT2D eigenvalue weighted by Gasteiger charge is -2.08. The van der Waals surface area contributed by atoms with Gasteiger partial charge in [0, 0.05) is 16.1 Å². The van der Waals surface area contributed by atoms with Crippen molar-refractivity contribution in [3.8, 4) is 11.1 Å². The van der Waals surface area contributed by atoms with E-state index in [9.17, 15) is 9.18 Å². The normalized spacial score (nSPS) is 10.4. The van der Waals surface area contributed by atoms with Gasteiger partial charge in [-0.05, 0) is 24.3 Å². The molecular formula is C13H7Cl3FNO2. The fraction of sp³-hybridized carbons (Fsp3) is 0.0769. The lowest BCUT2D eigenvalue weighted by Crippen LogP contribution is -2.06. The monoisotopic (exact) mass is 333 g/mol. The van der Waals surface area contributed by atoms with Gasteiger partial charge in [-0.25, -0.2) is 9.78 Å². The number of halogens is 4. The Bertz CT molecular complexity index is 692. The smallest absolute Gasteiger partial charge is 0.356 e. The molecule has 1 aromatic carbocycles. The molecule has 0 radical (unpaired) electrons. The Morgan fingerprint density at radius 1 is 1.20 bits per heavy atom. The molecule has 0 aliphatic rings. The Kier molecular flexibility index (Phi) is 4.48. The first-order valence-electron chi connectivity index (χ1n) is 5.34. The molecule has 7 heteroatoms. The van der Waals surface area contributed by atoms with E-state index in [2.05, 4.69) is 9.72 Å². The minimum Gasteiger partial charge on any atom is -0.464 e. The van der Waals surface area contributed by atoms with E-state index in [1.165, 1.54) is 31.4 Å². The van der Waals surface area contributed by atoms with Crippen LogP contribution in [0, 0.1) is 5.95 Å². The Morgan fingerprint density at radius 3 is 2.50 bits per heavy atom. The molecule has 104 valence electrons. The highest BCUT2D eigenvalue weighted by atomic mass is 35.5. The van der Waals surface area contributed by atoms with Crippen LogP contribution in [0.25, 0.3) is 11.1 Å². The van der Waals surface area contributed by atoms with E-state index in [4.69, 9.17) is 34.8 Å². The molecule has 0 aliphatic heterocycles. The summed E-state index contributed by atoms with van der Waals surface area (Å²) >= 11 is 17.8. The molecule has 0 spiro atoms. The molecule has 0 unspecified atom stereocenters. The minimum absolute atomic E-state index is 0.0899. The summed E-state index contributed by atoms with van der Waals surface area (Å²) in [5, 5.41) is 0.666. The quantitative estimate of drug-likeness (QED) is 0.456. The van der Waals surface area contributed by atoms with Crippen LogP contribution in [-0.4, -0.2) is 18.1 Å². The van der Waals surface area contributed by atoms with Gasteiger partial charge in [-0.1, -0.05) is 34.8 Å². The van der Waals surface area contributed by atoms with E-state index in [1.54, 1.807) is 0 Å². The molecule has 1 aromatic heterocycles. The second-order valence-corrected chi connectivity index (χ2v) is 5.00. The number of esters is 1. The fourth-order valence-electron chi connectivity index (χ4n) is 1.61. The van der Waals surface area contributed by atoms with E-state index in [1.807, 2.05) is 0 Å². The Morgan fingerprint density at radius 2 is 1.90 bits per heavy atom. The highest BCUT2D eigenvalue weighted by molar-refractivity contribution is 6.45. The summed E-state index contributed by atoms with van der Waals surface area (Å²) in [6.07, 6.45) is 0. The second-order valence-electron chi connectivity index (χ2n) is 3.78. The van der Waals surface area contributed by atoms with Gasteiger partial charge in [-0.3, -0.25) is 0 Å². The van der Waals surface area contributed by atoms with Crippen molar-refractivity contribution in [3.63, 3.8) is 0 Å². The van der Waals surface area contributed by atoms with Gasteiger partial charge in [0.05, 0.1) is 17.2 Å². The van der Waals surface area contributed by atoms with Crippen molar-refractivity contribution in [1.82, 2.24) is 4.98 Å². The first-order valence-corrected chi connectivity index (χ1v) is 6.47.